The molecule has 4 nitrogen and oxygen atoms in total. The van der Waals surface area contributed by atoms with Crippen LogP contribution in [-0.4, -0.2) is 29.4 Å². The van der Waals surface area contributed by atoms with Crippen LogP contribution in [0.3, 0.4) is 0 Å². The van der Waals surface area contributed by atoms with Gasteiger partial charge in [-0.15, -0.1) is 10.2 Å². The monoisotopic (exact) mass is 293 g/mol. The summed E-state index contributed by atoms with van der Waals surface area (Å²) >= 11 is 1.62. The molecule has 0 amide bonds. The van der Waals surface area contributed by atoms with Crippen LogP contribution in [0.2, 0.25) is 0 Å². The lowest BCUT2D eigenvalue weighted by Crippen LogP contribution is -2.38. The van der Waals surface area contributed by atoms with Gasteiger partial charge in [0.25, 0.3) is 0 Å². The molecule has 6 heteroatoms. The van der Waals surface area contributed by atoms with Gasteiger partial charge in [-0.1, -0.05) is 11.3 Å². The van der Waals surface area contributed by atoms with Crippen LogP contribution in [0, 0.1) is 12.7 Å². The van der Waals surface area contributed by atoms with Gasteiger partial charge < -0.3 is 9.64 Å². The number of halogens is 1. The summed E-state index contributed by atoms with van der Waals surface area (Å²) in [6, 6.07) is 6.20. The summed E-state index contributed by atoms with van der Waals surface area (Å²) in [6.07, 6.45) is 2.07. The van der Waals surface area contributed by atoms with Crippen molar-refractivity contribution in [1.82, 2.24) is 10.2 Å². The van der Waals surface area contributed by atoms with Crippen molar-refractivity contribution in [3.8, 4) is 5.75 Å². The van der Waals surface area contributed by atoms with Gasteiger partial charge in [0.1, 0.15) is 22.7 Å². The van der Waals surface area contributed by atoms with E-state index < -0.39 is 0 Å². The van der Waals surface area contributed by atoms with E-state index in [1.807, 2.05) is 6.92 Å². The molecule has 0 radical (unpaired) electrons. The summed E-state index contributed by atoms with van der Waals surface area (Å²) in [4.78, 5) is 2.25. The molecular weight excluding hydrogens is 277 g/mol. The van der Waals surface area contributed by atoms with Crippen molar-refractivity contribution in [3.05, 3.63) is 35.1 Å². The third-order valence-corrected chi connectivity index (χ3v) is 4.24. The molecule has 1 aliphatic rings. The summed E-state index contributed by atoms with van der Waals surface area (Å²) in [5.74, 6) is 0.496. The molecule has 106 valence electrons. The Morgan fingerprint density at radius 3 is 2.50 bits per heavy atom. The van der Waals surface area contributed by atoms with E-state index >= 15 is 0 Å². The van der Waals surface area contributed by atoms with Crippen molar-refractivity contribution in [1.29, 1.82) is 0 Å². The van der Waals surface area contributed by atoms with Gasteiger partial charge in [0.2, 0.25) is 5.13 Å². The summed E-state index contributed by atoms with van der Waals surface area (Å²) in [5, 5.41) is 10.2. The molecule has 2 heterocycles. The molecule has 0 unspecified atom stereocenters. The predicted molar refractivity (Wildman–Crippen MR) is 76.9 cm³/mol. The van der Waals surface area contributed by atoms with Gasteiger partial charge in [0, 0.05) is 25.9 Å². The Morgan fingerprint density at radius 2 is 1.90 bits per heavy atom. The first-order valence-electron chi connectivity index (χ1n) is 6.68. The maximum Gasteiger partial charge on any atom is 0.208 e. The highest BCUT2D eigenvalue weighted by Gasteiger charge is 2.22. The number of nitrogens with zero attached hydrogens (tertiary/aromatic N) is 3. The number of piperidine rings is 1. The fraction of sp³-hybridized carbons (Fsp3) is 0.429. The van der Waals surface area contributed by atoms with Gasteiger partial charge in [0.05, 0.1) is 0 Å². The number of ether oxygens (including phenoxy) is 1. The van der Waals surface area contributed by atoms with E-state index in [9.17, 15) is 4.39 Å². The second-order valence-corrected chi connectivity index (χ2v) is 6.02. The number of hydrogen-bond acceptors (Lipinski definition) is 5. The van der Waals surface area contributed by atoms with E-state index in [-0.39, 0.29) is 11.9 Å². The highest BCUT2D eigenvalue weighted by atomic mass is 32.1. The van der Waals surface area contributed by atoms with Crippen LogP contribution in [0.15, 0.2) is 24.3 Å². The van der Waals surface area contributed by atoms with Crippen molar-refractivity contribution in [2.24, 2.45) is 0 Å². The summed E-state index contributed by atoms with van der Waals surface area (Å²) in [6.45, 7) is 3.80. The zero-order valence-corrected chi connectivity index (χ0v) is 12.1. The molecule has 3 rings (SSSR count). The van der Waals surface area contributed by atoms with E-state index in [0.29, 0.717) is 0 Å². The molecule has 0 bridgehead atoms. The molecule has 0 N–H and O–H groups in total. The lowest BCUT2D eigenvalue weighted by Gasteiger charge is -2.31. The summed E-state index contributed by atoms with van der Waals surface area (Å²) in [5.41, 5.74) is 0. The van der Waals surface area contributed by atoms with Crippen molar-refractivity contribution < 1.29 is 9.13 Å². The van der Waals surface area contributed by atoms with E-state index in [2.05, 4.69) is 15.1 Å². The maximum absolute atomic E-state index is 12.8. The minimum absolute atomic E-state index is 0.186. The van der Waals surface area contributed by atoms with Crippen LogP contribution in [0.1, 0.15) is 17.8 Å². The van der Waals surface area contributed by atoms with Crippen LogP contribution in [-0.2, 0) is 0 Å². The van der Waals surface area contributed by atoms with Gasteiger partial charge in [-0.05, 0) is 31.2 Å². The SMILES string of the molecule is Cc1nnc(N2CCC(Oc3ccc(F)cc3)CC2)s1. The van der Waals surface area contributed by atoms with Crippen LogP contribution in [0.4, 0.5) is 9.52 Å². The van der Waals surface area contributed by atoms with Crippen molar-refractivity contribution in [3.63, 3.8) is 0 Å². The minimum atomic E-state index is -0.237. The van der Waals surface area contributed by atoms with Gasteiger partial charge in [0.15, 0.2) is 0 Å². The molecule has 1 aliphatic heterocycles. The molecule has 0 saturated carbocycles. The van der Waals surface area contributed by atoms with E-state index in [1.54, 1.807) is 23.5 Å². The average Bonchev–Trinajstić information content (AvgIpc) is 2.89. The first-order valence-corrected chi connectivity index (χ1v) is 7.49. The van der Waals surface area contributed by atoms with Gasteiger partial charge in [-0.3, -0.25) is 0 Å². The zero-order valence-electron chi connectivity index (χ0n) is 11.3. The van der Waals surface area contributed by atoms with Gasteiger partial charge >= 0.3 is 0 Å². The van der Waals surface area contributed by atoms with E-state index in [1.165, 1.54) is 12.1 Å². The van der Waals surface area contributed by atoms with Crippen LogP contribution < -0.4 is 9.64 Å². The second kappa shape index (κ2) is 5.75. The Kier molecular flexibility index (Phi) is 3.82. The number of hydrogen-bond donors (Lipinski definition) is 0. The quantitative estimate of drug-likeness (QED) is 0.872. The zero-order chi connectivity index (χ0) is 13.9. The normalized spacial score (nSPS) is 16.4. The third-order valence-electron chi connectivity index (χ3n) is 3.34. The minimum Gasteiger partial charge on any atom is -0.490 e. The summed E-state index contributed by atoms with van der Waals surface area (Å²) in [7, 11) is 0. The van der Waals surface area contributed by atoms with Gasteiger partial charge in [-0.2, -0.15) is 0 Å². The number of aromatic nitrogens is 2. The molecule has 1 aromatic carbocycles. The number of rotatable bonds is 3. The van der Waals surface area contributed by atoms with Crippen LogP contribution in [0.5, 0.6) is 5.75 Å². The Morgan fingerprint density at radius 1 is 1.20 bits per heavy atom. The van der Waals surface area contributed by atoms with Gasteiger partial charge in [-0.25, -0.2) is 4.39 Å². The molecule has 20 heavy (non-hydrogen) atoms. The Bertz CT molecular complexity index is 564. The smallest absolute Gasteiger partial charge is 0.208 e. The third kappa shape index (κ3) is 3.07. The highest BCUT2D eigenvalue weighted by molar-refractivity contribution is 7.15. The van der Waals surface area contributed by atoms with Crippen molar-refractivity contribution in [2.75, 3.05) is 18.0 Å². The van der Waals surface area contributed by atoms with Crippen molar-refractivity contribution >= 4 is 16.5 Å². The van der Waals surface area contributed by atoms with Crippen LogP contribution >= 0.6 is 11.3 Å². The molecule has 1 saturated heterocycles. The Hall–Kier alpha value is -1.69. The van der Waals surface area contributed by atoms with Crippen molar-refractivity contribution in [2.45, 2.75) is 25.9 Å². The Labute approximate surface area is 121 Å². The van der Waals surface area contributed by atoms with E-state index in [0.717, 1.165) is 41.8 Å². The molecule has 0 spiro atoms. The number of anilines is 1. The first-order chi connectivity index (χ1) is 9.70. The van der Waals surface area contributed by atoms with E-state index in [4.69, 9.17) is 4.74 Å². The number of aryl methyl sites for hydroxylation is 1. The lowest BCUT2D eigenvalue weighted by molar-refractivity contribution is 0.170. The largest absolute Gasteiger partial charge is 0.490 e. The Balaban J connectivity index is 1.54. The fourth-order valence-electron chi connectivity index (χ4n) is 2.28. The lowest BCUT2D eigenvalue weighted by atomic mass is 10.1. The number of benzene rings is 1. The molecule has 1 aromatic heterocycles. The maximum atomic E-state index is 12.8. The fourth-order valence-corrected chi connectivity index (χ4v) is 3.02. The summed E-state index contributed by atoms with van der Waals surface area (Å²) < 4.78 is 18.7. The predicted octanol–water partition coefficient (Wildman–Crippen LogP) is 3.03. The molecule has 0 atom stereocenters. The topological polar surface area (TPSA) is 38.2 Å². The molecule has 0 aliphatic carbocycles. The first kappa shape index (κ1) is 13.3. The second-order valence-electron chi connectivity index (χ2n) is 4.86. The molecule has 2 aromatic rings. The standard InChI is InChI=1S/C14H16FN3OS/c1-10-16-17-14(20-10)18-8-6-13(7-9-18)19-12-4-2-11(15)3-5-12/h2-5,13H,6-9H2,1H3. The molecular formula is C14H16FN3OS. The van der Waals surface area contributed by atoms with Crippen LogP contribution in [0.25, 0.3) is 0 Å². The molecule has 1 fully saturated rings. The highest BCUT2D eigenvalue weighted by Crippen LogP contribution is 2.25. The average molecular weight is 293 g/mol.